The van der Waals surface area contributed by atoms with E-state index < -0.39 is 5.97 Å². The SMILES string of the molecule is Cc1noc2cccc(-c3cc(C(=O)O)no3)c12. The van der Waals surface area contributed by atoms with Crippen LogP contribution in [0, 0.1) is 6.92 Å². The zero-order chi connectivity index (χ0) is 12.7. The highest BCUT2D eigenvalue weighted by Gasteiger charge is 2.16. The quantitative estimate of drug-likeness (QED) is 0.744. The van der Waals surface area contributed by atoms with Crippen molar-refractivity contribution in [3.05, 3.63) is 35.7 Å². The first-order valence-corrected chi connectivity index (χ1v) is 5.22. The van der Waals surface area contributed by atoms with E-state index in [0.29, 0.717) is 22.6 Å². The van der Waals surface area contributed by atoms with Crippen molar-refractivity contribution in [3.63, 3.8) is 0 Å². The topological polar surface area (TPSA) is 89.4 Å². The molecule has 3 rings (SSSR count). The number of nitrogens with zero attached hydrogens (tertiary/aromatic N) is 2. The lowest BCUT2D eigenvalue weighted by atomic mass is 10.1. The Hall–Kier alpha value is -2.63. The van der Waals surface area contributed by atoms with Gasteiger partial charge in [0, 0.05) is 11.6 Å². The fourth-order valence-electron chi connectivity index (χ4n) is 1.85. The van der Waals surface area contributed by atoms with Gasteiger partial charge in [-0.25, -0.2) is 4.79 Å². The number of benzene rings is 1. The lowest BCUT2D eigenvalue weighted by Crippen LogP contribution is -1.94. The molecule has 0 aliphatic carbocycles. The van der Waals surface area contributed by atoms with Crippen LogP contribution in [0.3, 0.4) is 0 Å². The summed E-state index contributed by atoms with van der Waals surface area (Å²) in [7, 11) is 0. The molecule has 6 nitrogen and oxygen atoms in total. The van der Waals surface area contributed by atoms with Gasteiger partial charge in [-0.15, -0.1) is 0 Å². The van der Waals surface area contributed by atoms with E-state index in [4.69, 9.17) is 14.2 Å². The van der Waals surface area contributed by atoms with Crippen LogP contribution in [0.1, 0.15) is 16.2 Å². The third kappa shape index (κ3) is 1.46. The summed E-state index contributed by atoms with van der Waals surface area (Å²) in [4.78, 5) is 10.8. The number of hydrogen-bond donors (Lipinski definition) is 1. The monoisotopic (exact) mass is 244 g/mol. The standard InChI is InChI=1S/C12H8N2O4/c1-6-11-7(3-2-4-9(11)17-13-6)10-5-8(12(15)16)14-18-10/h2-5H,1H3,(H,15,16). The molecule has 0 amide bonds. The number of carboxylic acids is 1. The van der Waals surface area contributed by atoms with Crippen molar-refractivity contribution >= 4 is 16.9 Å². The molecule has 0 bridgehead atoms. The lowest BCUT2D eigenvalue weighted by molar-refractivity contribution is 0.0686. The summed E-state index contributed by atoms with van der Waals surface area (Å²) in [6.45, 7) is 1.81. The summed E-state index contributed by atoms with van der Waals surface area (Å²) >= 11 is 0. The molecule has 2 aromatic heterocycles. The second-order valence-corrected chi connectivity index (χ2v) is 3.83. The van der Waals surface area contributed by atoms with Crippen molar-refractivity contribution < 1.29 is 18.9 Å². The summed E-state index contributed by atoms with van der Waals surface area (Å²) in [6, 6.07) is 6.75. The van der Waals surface area contributed by atoms with Crippen molar-refractivity contribution in [1.29, 1.82) is 0 Å². The zero-order valence-electron chi connectivity index (χ0n) is 9.38. The zero-order valence-corrected chi connectivity index (χ0v) is 9.38. The Balaban J connectivity index is 2.24. The average Bonchev–Trinajstić information content (AvgIpc) is 2.96. The maximum absolute atomic E-state index is 10.8. The number of carboxylic acid groups (broad SMARTS) is 1. The molecule has 1 N–H and O–H groups in total. The van der Waals surface area contributed by atoms with Crippen molar-refractivity contribution in [2.45, 2.75) is 6.92 Å². The van der Waals surface area contributed by atoms with Crippen LogP contribution >= 0.6 is 0 Å². The van der Waals surface area contributed by atoms with E-state index in [2.05, 4.69) is 10.3 Å². The molecule has 6 heteroatoms. The molecule has 18 heavy (non-hydrogen) atoms. The molecule has 0 radical (unpaired) electrons. The first-order valence-electron chi connectivity index (χ1n) is 5.22. The van der Waals surface area contributed by atoms with E-state index in [1.165, 1.54) is 6.07 Å². The van der Waals surface area contributed by atoms with Crippen LogP contribution in [0.5, 0.6) is 0 Å². The minimum atomic E-state index is -1.13. The predicted molar refractivity (Wildman–Crippen MR) is 61.2 cm³/mol. The molecule has 0 aliphatic rings. The van der Waals surface area contributed by atoms with Crippen LogP contribution in [0.25, 0.3) is 22.3 Å². The summed E-state index contributed by atoms with van der Waals surface area (Å²) in [5, 5.41) is 17.0. The van der Waals surface area contributed by atoms with Crippen LogP contribution in [-0.4, -0.2) is 21.4 Å². The van der Waals surface area contributed by atoms with Gasteiger partial charge in [-0.3, -0.25) is 0 Å². The Labute approximate surface area is 101 Å². The lowest BCUT2D eigenvalue weighted by Gasteiger charge is -1.96. The van der Waals surface area contributed by atoms with Crippen LogP contribution in [-0.2, 0) is 0 Å². The second-order valence-electron chi connectivity index (χ2n) is 3.83. The van der Waals surface area contributed by atoms with Crippen molar-refractivity contribution in [3.8, 4) is 11.3 Å². The minimum absolute atomic E-state index is 0.129. The molecule has 2 heterocycles. The van der Waals surface area contributed by atoms with Gasteiger partial charge in [-0.05, 0) is 13.0 Å². The second kappa shape index (κ2) is 3.69. The third-order valence-electron chi connectivity index (χ3n) is 2.66. The molecule has 0 aliphatic heterocycles. The molecule has 0 atom stereocenters. The number of aryl methyl sites for hydroxylation is 1. The average molecular weight is 244 g/mol. The van der Waals surface area contributed by atoms with E-state index in [1.807, 2.05) is 6.92 Å². The van der Waals surface area contributed by atoms with E-state index in [9.17, 15) is 4.79 Å². The van der Waals surface area contributed by atoms with Crippen LogP contribution in [0.4, 0.5) is 0 Å². The number of fused-ring (bicyclic) bond motifs is 1. The fraction of sp³-hybridized carbons (Fsp3) is 0.0833. The van der Waals surface area contributed by atoms with Gasteiger partial charge in [0.2, 0.25) is 0 Å². The highest BCUT2D eigenvalue weighted by Crippen LogP contribution is 2.31. The van der Waals surface area contributed by atoms with Crippen LogP contribution < -0.4 is 0 Å². The van der Waals surface area contributed by atoms with Crippen LogP contribution in [0.15, 0.2) is 33.3 Å². The number of aromatic nitrogens is 2. The summed E-state index contributed by atoms with van der Waals surface area (Å²) in [6.07, 6.45) is 0. The van der Waals surface area contributed by atoms with E-state index in [-0.39, 0.29) is 5.69 Å². The molecule has 0 fully saturated rings. The normalized spacial score (nSPS) is 10.9. The Morgan fingerprint density at radius 3 is 2.83 bits per heavy atom. The van der Waals surface area contributed by atoms with Crippen molar-refractivity contribution in [2.24, 2.45) is 0 Å². The maximum atomic E-state index is 10.8. The highest BCUT2D eigenvalue weighted by atomic mass is 16.5. The Bertz CT molecular complexity index is 741. The summed E-state index contributed by atoms with van der Waals surface area (Å²) < 4.78 is 10.2. The van der Waals surface area contributed by atoms with Gasteiger partial charge in [0.1, 0.15) is 0 Å². The Kier molecular flexibility index (Phi) is 2.16. The van der Waals surface area contributed by atoms with E-state index in [1.54, 1.807) is 18.2 Å². The number of rotatable bonds is 2. The maximum Gasteiger partial charge on any atom is 0.358 e. The Morgan fingerprint density at radius 1 is 1.28 bits per heavy atom. The molecule has 3 aromatic rings. The minimum Gasteiger partial charge on any atom is -0.476 e. The summed E-state index contributed by atoms with van der Waals surface area (Å²) in [5.74, 6) is -0.747. The van der Waals surface area contributed by atoms with Crippen LogP contribution in [0.2, 0.25) is 0 Å². The molecule has 90 valence electrons. The highest BCUT2D eigenvalue weighted by molar-refractivity contribution is 5.95. The Morgan fingerprint density at radius 2 is 2.11 bits per heavy atom. The van der Waals surface area contributed by atoms with Gasteiger partial charge in [-0.1, -0.05) is 22.4 Å². The summed E-state index contributed by atoms with van der Waals surface area (Å²) in [5.41, 5.74) is 1.93. The number of carbonyl (C=O) groups is 1. The predicted octanol–water partition coefficient (Wildman–Crippen LogP) is 2.49. The first-order chi connectivity index (χ1) is 8.66. The molecule has 0 saturated carbocycles. The number of hydrogen-bond acceptors (Lipinski definition) is 5. The molecule has 0 spiro atoms. The van der Waals surface area contributed by atoms with E-state index in [0.717, 1.165) is 5.39 Å². The van der Waals surface area contributed by atoms with Gasteiger partial charge < -0.3 is 14.2 Å². The van der Waals surface area contributed by atoms with Crippen molar-refractivity contribution in [2.75, 3.05) is 0 Å². The molecule has 0 saturated heterocycles. The van der Waals surface area contributed by atoms with E-state index >= 15 is 0 Å². The molecular weight excluding hydrogens is 236 g/mol. The third-order valence-corrected chi connectivity index (χ3v) is 2.66. The van der Waals surface area contributed by atoms with Gasteiger partial charge in [0.05, 0.1) is 11.1 Å². The van der Waals surface area contributed by atoms with Gasteiger partial charge in [0.25, 0.3) is 0 Å². The molecular formula is C12H8N2O4. The first kappa shape index (κ1) is 10.5. The number of aromatic carboxylic acids is 1. The fourth-order valence-corrected chi connectivity index (χ4v) is 1.85. The van der Waals surface area contributed by atoms with Crippen molar-refractivity contribution in [1.82, 2.24) is 10.3 Å². The smallest absolute Gasteiger partial charge is 0.358 e. The molecule has 0 unspecified atom stereocenters. The van der Waals surface area contributed by atoms with Gasteiger partial charge in [-0.2, -0.15) is 0 Å². The largest absolute Gasteiger partial charge is 0.476 e. The van der Waals surface area contributed by atoms with Gasteiger partial charge >= 0.3 is 5.97 Å². The van der Waals surface area contributed by atoms with Gasteiger partial charge in [0.15, 0.2) is 17.0 Å². The molecule has 1 aromatic carbocycles.